The highest BCUT2D eigenvalue weighted by Crippen LogP contribution is 2.40. The number of aromatic amines is 1. The van der Waals surface area contributed by atoms with Gasteiger partial charge in [0.15, 0.2) is 0 Å². The smallest absolute Gasteiger partial charge is 0.371 e. The summed E-state index contributed by atoms with van der Waals surface area (Å²) in [4.78, 5) is 1.58. The van der Waals surface area contributed by atoms with E-state index in [1.165, 1.54) is 18.2 Å². The van der Waals surface area contributed by atoms with Gasteiger partial charge >= 0.3 is 6.18 Å². The van der Waals surface area contributed by atoms with Crippen molar-refractivity contribution >= 4 is 5.69 Å². The third-order valence-corrected chi connectivity index (χ3v) is 5.10. The number of anilines is 1. The average Bonchev–Trinajstić information content (AvgIpc) is 3.18. The number of hydrogen-bond acceptors (Lipinski definition) is 2. The van der Waals surface area contributed by atoms with Gasteiger partial charge in [-0.25, -0.2) is 8.78 Å². The highest BCUT2D eigenvalue weighted by atomic mass is 19.4. The second kappa shape index (κ2) is 7.50. The van der Waals surface area contributed by atoms with E-state index >= 15 is 0 Å². The summed E-state index contributed by atoms with van der Waals surface area (Å²) in [5, 5.41) is 6.89. The molecule has 152 valence electrons. The molecular weight excluding hydrogens is 389 g/mol. The fourth-order valence-corrected chi connectivity index (χ4v) is 3.53. The van der Waals surface area contributed by atoms with Crippen LogP contribution in [0.25, 0.3) is 22.5 Å². The van der Waals surface area contributed by atoms with Crippen molar-refractivity contribution in [3.8, 4) is 22.5 Å². The van der Waals surface area contributed by atoms with E-state index in [1.807, 2.05) is 0 Å². The van der Waals surface area contributed by atoms with Crippen LogP contribution in [0, 0.1) is 5.82 Å². The zero-order valence-corrected chi connectivity index (χ0v) is 15.3. The highest BCUT2D eigenvalue weighted by molar-refractivity contribution is 5.71. The molecule has 1 aromatic heterocycles. The van der Waals surface area contributed by atoms with Crippen LogP contribution in [0.4, 0.5) is 27.6 Å². The summed E-state index contributed by atoms with van der Waals surface area (Å²) in [7, 11) is 0. The lowest BCUT2D eigenvalue weighted by Gasteiger charge is -2.32. The van der Waals surface area contributed by atoms with Gasteiger partial charge in [-0.3, -0.25) is 5.10 Å². The Morgan fingerprint density at radius 1 is 0.931 bits per heavy atom. The molecule has 2 aromatic carbocycles. The SMILES string of the molecule is Fc1ccc(-c2cc(-c3ccc(N4CCC(F)CC4)c(C(F)(F)F)c3)n[nH]2)cc1. The first-order chi connectivity index (χ1) is 13.8. The number of hydrogen-bond donors (Lipinski definition) is 1. The molecule has 4 rings (SSSR count). The van der Waals surface area contributed by atoms with Gasteiger partial charge in [0.2, 0.25) is 0 Å². The number of nitrogens with one attached hydrogen (secondary N) is 1. The van der Waals surface area contributed by atoms with Gasteiger partial charge < -0.3 is 4.90 Å². The maximum absolute atomic E-state index is 13.7. The Hall–Kier alpha value is -2.90. The molecule has 3 aromatic rings. The molecule has 1 saturated heterocycles. The van der Waals surface area contributed by atoms with E-state index in [-0.39, 0.29) is 37.4 Å². The minimum atomic E-state index is -4.55. The van der Waals surface area contributed by atoms with Crippen LogP contribution in [0.15, 0.2) is 48.5 Å². The summed E-state index contributed by atoms with van der Waals surface area (Å²) in [5.74, 6) is -0.379. The van der Waals surface area contributed by atoms with Crippen LogP contribution in [0.2, 0.25) is 0 Å². The third-order valence-electron chi connectivity index (χ3n) is 5.10. The zero-order valence-electron chi connectivity index (χ0n) is 15.3. The van der Waals surface area contributed by atoms with Crippen molar-refractivity contribution in [2.24, 2.45) is 0 Å². The van der Waals surface area contributed by atoms with E-state index in [4.69, 9.17) is 0 Å². The van der Waals surface area contributed by atoms with Gasteiger partial charge in [0.05, 0.1) is 17.0 Å². The van der Waals surface area contributed by atoms with Gasteiger partial charge in [-0.1, -0.05) is 6.07 Å². The summed E-state index contributed by atoms with van der Waals surface area (Å²) in [6, 6.07) is 11.4. The van der Waals surface area contributed by atoms with E-state index < -0.39 is 17.9 Å². The summed E-state index contributed by atoms with van der Waals surface area (Å²) in [6.07, 6.45) is -5.07. The number of aromatic nitrogens is 2. The third kappa shape index (κ3) is 4.11. The van der Waals surface area contributed by atoms with Gasteiger partial charge in [0.25, 0.3) is 0 Å². The molecule has 1 aliphatic rings. The lowest BCUT2D eigenvalue weighted by atomic mass is 10.0. The van der Waals surface area contributed by atoms with Gasteiger partial charge in [-0.05, 0) is 60.9 Å². The molecule has 1 aliphatic heterocycles. The molecule has 0 bridgehead atoms. The largest absolute Gasteiger partial charge is 0.418 e. The highest BCUT2D eigenvalue weighted by Gasteiger charge is 2.36. The summed E-state index contributed by atoms with van der Waals surface area (Å²) < 4.78 is 67.6. The monoisotopic (exact) mass is 407 g/mol. The molecular formula is C21H18F5N3. The van der Waals surface area contributed by atoms with E-state index in [0.29, 0.717) is 22.5 Å². The van der Waals surface area contributed by atoms with Crippen LogP contribution in [0.1, 0.15) is 18.4 Å². The van der Waals surface area contributed by atoms with Gasteiger partial charge in [-0.2, -0.15) is 18.3 Å². The predicted molar refractivity (Wildman–Crippen MR) is 101 cm³/mol. The van der Waals surface area contributed by atoms with Crippen LogP contribution < -0.4 is 4.90 Å². The van der Waals surface area contributed by atoms with Gasteiger partial charge in [0, 0.05) is 24.3 Å². The standard InChI is InChI=1S/C21H18F5N3/c22-15-4-1-13(2-5-15)18-12-19(28-27-18)14-3-6-20(17(11-14)21(24,25)26)29-9-7-16(23)8-10-29/h1-6,11-12,16H,7-10H2,(H,27,28). The van der Waals surface area contributed by atoms with Crippen LogP contribution in [0.3, 0.4) is 0 Å². The Morgan fingerprint density at radius 3 is 2.24 bits per heavy atom. The topological polar surface area (TPSA) is 31.9 Å². The van der Waals surface area contributed by atoms with Crippen LogP contribution in [-0.2, 0) is 6.18 Å². The maximum Gasteiger partial charge on any atom is 0.418 e. The van der Waals surface area contributed by atoms with Crippen LogP contribution in [-0.4, -0.2) is 29.5 Å². The van der Waals surface area contributed by atoms with Crippen molar-refractivity contribution < 1.29 is 22.0 Å². The molecule has 2 heterocycles. The van der Waals surface area contributed by atoms with Crippen molar-refractivity contribution in [1.82, 2.24) is 10.2 Å². The molecule has 8 heteroatoms. The Kier molecular flexibility index (Phi) is 5.02. The number of H-pyrrole nitrogens is 1. The Balaban J connectivity index is 1.67. The predicted octanol–water partition coefficient (Wildman–Crippen LogP) is 5.84. The number of benzene rings is 2. The first-order valence-corrected chi connectivity index (χ1v) is 9.23. The van der Waals surface area contributed by atoms with Crippen LogP contribution in [0.5, 0.6) is 0 Å². The number of piperidine rings is 1. The number of alkyl halides is 4. The second-order valence-corrected chi connectivity index (χ2v) is 7.07. The molecule has 1 N–H and O–H groups in total. The van der Waals surface area contributed by atoms with E-state index in [9.17, 15) is 22.0 Å². The lowest BCUT2D eigenvalue weighted by Crippen LogP contribution is -2.35. The summed E-state index contributed by atoms with van der Waals surface area (Å²) in [6.45, 7) is 0.501. The molecule has 0 atom stereocenters. The quantitative estimate of drug-likeness (QED) is 0.553. The molecule has 1 fully saturated rings. The van der Waals surface area contributed by atoms with E-state index in [1.54, 1.807) is 29.2 Å². The Labute approximate surface area is 164 Å². The molecule has 29 heavy (non-hydrogen) atoms. The maximum atomic E-state index is 13.7. The first-order valence-electron chi connectivity index (χ1n) is 9.23. The van der Waals surface area contributed by atoms with Crippen molar-refractivity contribution in [2.75, 3.05) is 18.0 Å². The van der Waals surface area contributed by atoms with Crippen molar-refractivity contribution in [2.45, 2.75) is 25.2 Å². The minimum Gasteiger partial charge on any atom is -0.371 e. The number of halogens is 5. The Morgan fingerprint density at radius 2 is 1.59 bits per heavy atom. The van der Waals surface area contributed by atoms with E-state index in [2.05, 4.69) is 10.2 Å². The normalized spacial score (nSPS) is 15.7. The van der Waals surface area contributed by atoms with Crippen molar-refractivity contribution in [3.05, 3.63) is 59.9 Å². The van der Waals surface area contributed by atoms with Gasteiger partial charge in [0.1, 0.15) is 12.0 Å². The van der Waals surface area contributed by atoms with Crippen molar-refractivity contribution in [3.63, 3.8) is 0 Å². The number of rotatable bonds is 3. The molecule has 0 unspecified atom stereocenters. The zero-order chi connectivity index (χ0) is 20.6. The number of nitrogens with zero attached hydrogens (tertiary/aromatic N) is 2. The first kappa shape index (κ1) is 19.4. The summed E-state index contributed by atoms with van der Waals surface area (Å²) >= 11 is 0. The molecule has 0 radical (unpaired) electrons. The minimum absolute atomic E-state index is 0.0578. The second-order valence-electron chi connectivity index (χ2n) is 7.07. The summed E-state index contributed by atoms with van der Waals surface area (Å²) in [5.41, 5.74) is 1.20. The Bertz CT molecular complexity index is 986. The molecule has 0 spiro atoms. The fourth-order valence-electron chi connectivity index (χ4n) is 3.53. The average molecular weight is 407 g/mol. The molecule has 3 nitrogen and oxygen atoms in total. The fraction of sp³-hybridized carbons (Fsp3) is 0.286. The van der Waals surface area contributed by atoms with Gasteiger partial charge in [-0.15, -0.1) is 0 Å². The molecule has 0 saturated carbocycles. The molecule has 0 aliphatic carbocycles. The van der Waals surface area contributed by atoms with Crippen molar-refractivity contribution in [1.29, 1.82) is 0 Å². The molecule has 0 amide bonds. The van der Waals surface area contributed by atoms with E-state index in [0.717, 1.165) is 6.07 Å². The van der Waals surface area contributed by atoms with Crippen LogP contribution >= 0.6 is 0 Å². The lowest BCUT2D eigenvalue weighted by molar-refractivity contribution is -0.137.